The third kappa shape index (κ3) is 8.10. The van der Waals surface area contributed by atoms with E-state index in [1.807, 2.05) is 76.5 Å². The standard InChI is InChI=1S/C35H45IN4O5/c1-43-32-12-8-30(9-13-32)35(29-6-4-3-5-7-29,31-10-14-33(44-2)15-11-31)45-27-28(26-41)16-17-37-18-20-38(21-19-37)34(42)39-22-24-40(36)25-23-39/h3-15,28,41H,16-27H2,1-2H3. The highest BCUT2D eigenvalue weighted by Crippen LogP contribution is 2.42. The molecule has 2 aliphatic rings. The minimum absolute atomic E-state index is 0.0251. The Bertz CT molecular complexity index is 1280. The van der Waals surface area contributed by atoms with Crippen molar-refractivity contribution in [2.75, 3.05) is 86.3 Å². The summed E-state index contributed by atoms with van der Waals surface area (Å²) in [7, 11) is 3.33. The van der Waals surface area contributed by atoms with E-state index in [0.717, 1.165) is 93.5 Å². The number of hydrogen-bond donors (Lipinski definition) is 1. The molecule has 3 aromatic carbocycles. The number of piperazine rings is 2. The van der Waals surface area contributed by atoms with Crippen LogP contribution in [0, 0.1) is 5.92 Å². The summed E-state index contributed by atoms with van der Waals surface area (Å²) in [5, 5.41) is 10.5. The van der Waals surface area contributed by atoms with E-state index in [-0.39, 0.29) is 18.6 Å². The molecule has 0 bridgehead atoms. The topological polar surface area (TPSA) is 78.0 Å². The molecule has 0 saturated carbocycles. The number of amides is 2. The molecule has 2 amide bonds. The minimum atomic E-state index is -0.915. The first-order valence-electron chi connectivity index (χ1n) is 15.7. The fraction of sp³-hybridized carbons (Fsp3) is 0.457. The van der Waals surface area contributed by atoms with Crippen molar-refractivity contribution < 1.29 is 24.1 Å². The zero-order chi connectivity index (χ0) is 31.6. The molecule has 0 radical (unpaired) electrons. The SMILES string of the molecule is COc1ccc(C(OCC(CO)CCN2CCN(C(=O)N3CCN(I)CC3)CC2)(c2ccccc2)c2ccc(OC)cc2)cc1. The van der Waals surface area contributed by atoms with Crippen LogP contribution in [0.2, 0.25) is 0 Å². The summed E-state index contributed by atoms with van der Waals surface area (Å²) in [6.07, 6.45) is 0.790. The molecular weight excluding hydrogens is 683 g/mol. The molecule has 242 valence electrons. The second kappa shape index (κ2) is 16.1. The molecule has 9 nitrogen and oxygen atoms in total. The van der Waals surface area contributed by atoms with Gasteiger partial charge in [-0.25, -0.2) is 7.91 Å². The van der Waals surface area contributed by atoms with Crippen LogP contribution in [0.3, 0.4) is 0 Å². The molecule has 0 spiro atoms. The minimum Gasteiger partial charge on any atom is -0.497 e. The van der Waals surface area contributed by atoms with E-state index < -0.39 is 5.60 Å². The van der Waals surface area contributed by atoms with Gasteiger partial charge in [-0.3, -0.25) is 4.90 Å². The van der Waals surface area contributed by atoms with Crippen molar-refractivity contribution in [1.29, 1.82) is 0 Å². The normalized spacial score (nSPS) is 17.2. The van der Waals surface area contributed by atoms with E-state index in [1.165, 1.54) is 0 Å². The lowest BCUT2D eigenvalue weighted by atomic mass is 9.80. The Morgan fingerprint density at radius 3 is 1.73 bits per heavy atom. The van der Waals surface area contributed by atoms with E-state index >= 15 is 0 Å². The number of carbonyl (C=O) groups excluding carboxylic acids is 1. The van der Waals surface area contributed by atoms with Crippen molar-refractivity contribution in [1.82, 2.24) is 17.8 Å². The summed E-state index contributed by atoms with van der Waals surface area (Å²) in [5.74, 6) is 1.48. The number of nitrogens with zero attached hydrogens (tertiary/aromatic N) is 4. The van der Waals surface area contributed by atoms with E-state index in [1.54, 1.807) is 14.2 Å². The van der Waals surface area contributed by atoms with Gasteiger partial charge in [0.1, 0.15) is 17.1 Å². The number of halogens is 1. The van der Waals surface area contributed by atoms with Crippen LogP contribution in [0.4, 0.5) is 4.79 Å². The summed E-state index contributed by atoms with van der Waals surface area (Å²) in [6.45, 7) is 7.78. The smallest absolute Gasteiger partial charge is 0.320 e. The summed E-state index contributed by atoms with van der Waals surface area (Å²) >= 11 is 2.33. The molecule has 1 N–H and O–H groups in total. The fourth-order valence-corrected chi connectivity index (χ4v) is 6.58. The highest BCUT2D eigenvalue weighted by atomic mass is 127. The van der Waals surface area contributed by atoms with Crippen molar-refractivity contribution >= 4 is 28.9 Å². The van der Waals surface area contributed by atoms with E-state index in [9.17, 15) is 9.90 Å². The van der Waals surface area contributed by atoms with Gasteiger partial charge in [0.2, 0.25) is 0 Å². The Morgan fingerprint density at radius 2 is 1.24 bits per heavy atom. The molecular formula is C35H45IN4O5. The monoisotopic (exact) mass is 728 g/mol. The van der Waals surface area contributed by atoms with Gasteiger partial charge in [-0.1, -0.05) is 54.6 Å². The Balaban J connectivity index is 1.28. The van der Waals surface area contributed by atoms with Crippen LogP contribution in [0.1, 0.15) is 23.1 Å². The fourth-order valence-electron chi connectivity index (χ4n) is 6.15. The number of ether oxygens (including phenoxy) is 3. The molecule has 0 aromatic heterocycles. The van der Waals surface area contributed by atoms with E-state index in [0.29, 0.717) is 6.61 Å². The van der Waals surface area contributed by atoms with Crippen LogP contribution in [0.5, 0.6) is 11.5 Å². The molecule has 2 fully saturated rings. The van der Waals surface area contributed by atoms with Crippen LogP contribution in [0.15, 0.2) is 78.9 Å². The number of aliphatic hydroxyl groups excluding tert-OH is 1. The van der Waals surface area contributed by atoms with Gasteiger partial charge in [0.05, 0.1) is 20.8 Å². The highest BCUT2D eigenvalue weighted by molar-refractivity contribution is 14.1. The third-order valence-corrected chi connectivity index (χ3v) is 9.92. The third-order valence-electron chi connectivity index (χ3n) is 8.96. The number of aliphatic hydroxyl groups is 1. The Labute approximate surface area is 281 Å². The summed E-state index contributed by atoms with van der Waals surface area (Å²) in [6, 6.07) is 26.4. The van der Waals surface area contributed by atoms with Gasteiger partial charge in [0, 0.05) is 87.7 Å². The quantitative estimate of drug-likeness (QED) is 0.165. The molecule has 1 unspecified atom stereocenters. The Hall–Kier alpha value is -2.90. The van der Waals surface area contributed by atoms with Gasteiger partial charge < -0.3 is 29.1 Å². The summed E-state index contributed by atoms with van der Waals surface area (Å²) in [5.41, 5.74) is 2.02. The molecule has 1 atom stereocenters. The Kier molecular flexibility index (Phi) is 12.0. The molecule has 5 rings (SSSR count). The zero-order valence-electron chi connectivity index (χ0n) is 26.3. The largest absolute Gasteiger partial charge is 0.497 e. The second-order valence-electron chi connectivity index (χ2n) is 11.7. The molecule has 0 aliphatic carbocycles. The molecule has 3 aromatic rings. The molecule has 10 heteroatoms. The van der Waals surface area contributed by atoms with Crippen LogP contribution >= 0.6 is 22.9 Å². The summed E-state index contributed by atoms with van der Waals surface area (Å²) < 4.78 is 20.2. The summed E-state index contributed by atoms with van der Waals surface area (Å²) in [4.78, 5) is 19.4. The predicted octanol–water partition coefficient (Wildman–Crippen LogP) is 4.72. The van der Waals surface area contributed by atoms with Crippen LogP contribution in [-0.4, -0.2) is 115 Å². The maximum atomic E-state index is 13.0. The molecule has 2 heterocycles. The van der Waals surface area contributed by atoms with Crippen LogP contribution in [0.25, 0.3) is 0 Å². The van der Waals surface area contributed by atoms with Crippen molar-refractivity contribution in [2.45, 2.75) is 12.0 Å². The number of benzene rings is 3. The van der Waals surface area contributed by atoms with Crippen molar-refractivity contribution in [3.8, 4) is 11.5 Å². The van der Waals surface area contributed by atoms with E-state index in [2.05, 4.69) is 43.0 Å². The van der Waals surface area contributed by atoms with Gasteiger partial charge in [-0.05, 0) is 53.9 Å². The molecule has 2 aliphatic heterocycles. The first-order valence-corrected chi connectivity index (χ1v) is 16.7. The Morgan fingerprint density at radius 1 is 0.756 bits per heavy atom. The first-order chi connectivity index (χ1) is 22.0. The lowest BCUT2D eigenvalue weighted by Crippen LogP contribution is -2.56. The predicted molar refractivity (Wildman–Crippen MR) is 184 cm³/mol. The lowest BCUT2D eigenvalue weighted by Gasteiger charge is -2.40. The lowest BCUT2D eigenvalue weighted by molar-refractivity contribution is -0.0224. The first kappa shape index (κ1) is 33.5. The van der Waals surface area contributed by atoms with Gasteiger partial charge in [0.15, 0.2) is 0 Å². The van der Waals surface area contributed by atoms with Crippen molar-refractivity contribution in [3.63, 3.8) is 0 Å². The molecule has 2 saturated heterocycles. The van der Waals surface area contributed by atoms with Gasteiger partial charge in [-0.15, -0.1) is 0 Å². The molecule has 45 heavy (non-hydrogen) atoms. The maximum Gasteiger partial charge on any atom is 0.320 e. The highest BCUT2D eigenvalue weighted by Gasteiger charge is 2.38. The number of hydrogen-bond acceptors (Lipinski definition) is 7. The van der Waals surface area contributed by atoms with Gasteiger partial charge >= 0.3 is 6.03 Å². The number of methoxy groups -OCH3 is 2. The van der Waals surface area contributed by atoms with Gasteiger partial charge in [-0.2, -0.15) is 0 Å². The van der Waals surface area contributed by atoms with E-state index in [4.69, 9.17) is 14.2 Å². The number of carbonyl (C=O) groups is 1. The van der Waals surface area contributed by atoms with Crippen molar-refractivity contribution in [3.05, 3.63) is 95.6 Å². The second-order valence-corrected chi connectivity index (χ2v) is 13.0. The average molecular weight is 729 g/mol. The van der Waals surface area contributed by atoms with Crippen LogP contribution < -0.4 is 9.47 Å². The van der Waals surface area contributed by atoms with Gasteiger partial charge in [0.25, 0.3) is 0 Å². The average Bonchev–Trinajstić information content (AvgIpc) is 3.11. The van der Waals surface area contributed by atoms with Crippen LogP contribution in [-0.2, 0) is 10.3 Å². The van der Waals surface area contributed by atoms with Crippen molar-refractivity contribution in [2.24, 2.45) is 5.92 Å². The number of rotatable bonds is 12. The number of urea groups is 1. The maximum absolute atomic E-state index is 13.0. The zero-order valence-corrected chi connectivity index (χ0v) is 28.5.